The lowest BCUT2D eigenvalue weighted by Crippen LogP contribution is -2.30. The zero-order valence-electron chi connectivity index (χ0n) is 11.6. The lowest BCUT2D eigenvalue weighted by molar-refractivity contribution is 0.0984. The lowest BCUT2D eigenvalue weighted by atomic mass is 9.98. The van der Waals surface area contributed by atoms with Gasteiger partial charge in [0.15, 0.2) is 0 Å². The molecule has 1 unspecified atom stereocenters. The van der Waals surface area contributed by atoms with Crippen molar-refractivity contribution >= 4 is 11.6 Å². The summed E-state index contributed by atoms with van der Waals surface area (Å²) in [6, 6.07) is 13.9. The van der Waals surface area contributed by atoms with Gasteiger partial charge in [0.05, 0.1) is 5.56 Å². The highest BCUT2D eigenvalue weighted by Gasteiger charge is 2.32. The molecule has 1 aliphatic heterocycles. The molecule has 0 aromatic heterocycles. The average Bonchev–Trinajstić information content (AvgIpc) is 2.87. The van der Waals surface area contributed by atoms with Crippen LogP contribution in [0, 0.1) is 5.82 Å². The van der Waals surface area contributed by atoms with Crippen LogP contribution in [0.15, 0.2) is 48.5 Å². The smallest absolute Gasteiger partial charge is 0.261 e. The molecule has 108 valence electrons. The van der Waals surface area contributed by atoms with Gasteiger partial charge in [-0.05, 0) is 36.7 Å². The van der Waals surface area contributed by atoms with E-state index in [0.717, 1.165) is 17.7 Å². The first-order valence-electron chi connectivity index (χ1n) is 7.07. The Kier molecular flexibility index (Phi) is 3.71. The molecular weight excluding hydrogens is 267 g/mol. The summed E-state index contributed by atoms with van der Waals surface area (Å²) in [7, 11) is 0. The minimum Gasteiger partial charge on any atom is -0.330 e. The molecule has 1 heterocycles. The van der Waals surface area contributed by atoms with Crippen molar-refractivity contribution in [2.24, 2.45) is 5.73 Å². The van der Waals surface area contributed by atoms with Crippen LogP contribution in [0.4, 0.5) is 10.1 Å². The number of anilines is 1. The van der Waals surface area contributed by atoms with Crippen LogP contribution in [-0.2, 0) is 0 Å². The van der Waals surface area contributed by atoms with E-state index in [2.05, 4.69) is 0 Å². The number of benzene rings is 2. The summed E-state index contributed by atoms with van der Waals surface area (Å²) in [6.45, 7) is 1.13. The fraction of sp³-hybridized carbons (Fsp3) is 0.235. The number of hydrogen-bond acceptors (Lipinski definition) is 2. The standard InChI is InChI=1S/C17H17FN2O/c18-15-7-3-1-6-14(15)17(21)20-11-12(9-10-19)13-5-2-4-8-16(13)20/h1-8,12H,9-11,19H2. The van der Waals surface area contributed by atoms with E-state index in [1.165, 1.54) is 12.1 Å². The Bertz CT molecular complexity index is 671. The van der Waals surface area contributed by atoms with E-state index < -0.39 is 5.82 Å². The summed E-state index contributed by atoms with van der Waals surface area (Å²) in [6.07, 6.45) is 0.818. The van der Waals surface area contributed by atoms with Crippen LogP contribution in [0.2, 0.25) is 0 Å². The highest BCUT2D eigenvalue weighted by Crippen LogP contribution is 2.38. The van der Waals surface area contributed by atoms with E-state index in [9.17, 15) is 9.18 Å². The molecule has 21 heavy (non-hydrogen) atoms. The molecule has 1 aliphatic rings. The highest BCUT2D eigenvalue weighted by atomic mass is 19.1. The average molecular weight is 284 g/mol. The third kappa shape index (κ3) is 2.43. The molecular formula is C17H17FN2O. The van der Waals surface area contributed by atoms with Gasteiger partial charge in [-0.1, -0.05) is 30.3 Å². The number of amides is 1. The summed E-state index contributed by atoms with van der Waals surface area (Å²) < 4.78 is 13.8. The largest absolute Gasteiger partial charge is 0.330 e. The SMILES string of the molecule is NCCC1CN(C(=O)c2ccccc2F)c2ccccc21. The Labute approximate surface area is 123 Å². The van der Waals surface area contributed by atoms with Crippen molar-refractivity contribution in [3.05, 3.63) is 65.5 Å². The minimum absolute atomic E-state index is 0.112. The third-order valence-electron chi connectivity index (χ3n) is 3.93. The van der Waals surface area contributed by atoms with Crippen LogP contribution in [0.25, 0.3) is 0 Å². The normalized spacial score (nSPS) is 16.9. The molecule has 0 fully saturated rings. The summed E-state index contributed by atoms with van der Waals surface area (Å²) in [5, 5.41) is 0. The first kappa shape index (κ1) is 13.8. The summed E-state index contributed by atoms with van der Waals surface area (Å²) >= 11 is 0. The van der Waals surface area contributed by atoms with Crippen LogP contribution < -0.4 is 10.6 Å². The zero-order chi connectivity index (χ0) is 14.8. The van der Waals surface area contributed by atoms with Crippen molar-refractivity contribution in [2.45, 2.75) is 12.3 Å². The van der Waals surface area contributed by atoms with Gasteiger partial charge in [0.25, 0.3) is 5.91 Å². The van der Waals surface area contributed by atoms with Crippen LogP contribution in [0.5, 0.6) is 0 Å². The van der Waals surface area contributed by atoms with Crippen molar-refractivity contribution < 1.29 is 9.18 Å². The van der Waals surface area contributed by atoms with E-state index in [1.807, 2.05) is 24.3 Å². The van der Waals surface area contributed by atoms with Crippen LogP contribution in [-0.4, -0.2) is 19.0 Å². The van der Waals surface area contributed by atoms with Gasteiger partial charge in [-0.3, -0.25) is 4.79 Å². The second kappa shape index (κ2) is 5.66. The van der Waals surface area contributed by atoms with E-state index in [4.69, 9.17) is 5.73 Å². The Balaban J connectivity index is 1.97. The molecule has 2 aromatic rings. The Morgan fingerprint density at radius 1 is 1.19 bits per heavy atom. The Morgan fingerprint density at radius 2 is 1.90 bits per heavy atom. The van der Waals surface area contributed by atoms with Crippen molar-refractivity contribution in [1.82, 2.24) is 0 Å². The van der Waals surface area contributed by atoms with E-state index in [0.29, 0.717) is 13.1 Å². The first-order valence-corrected chi connectivity index (χ1v) is 7.07. The van der Waals surface area contributed by atoms with Gasteiger partial charge >= 0.3 is 0 Å². The van der Waals surface area contributed by atoms with Gasteiger partial charge in [-0.2, -0.15) is 0 Å². The molecule has 1 atom stereocenters. The molecule has 0 radical (unpaired) electrons. The molecule has 1 amide bonds. The lowest BCUT2D eigenvalue weighted by Gasteiger charge is -2.18. The van der Waals surface area contributed by atoms with E-state index >= 15 is 0 Å². The number of carbonyl (C=O) groups is 1. The Morgan fingerprint density at radius 3 is 2.67 bits per heavy atom. The molecule has 3 rings (SSSR count). The first-order chi connectivity index (χ1) is 10.2. The molecule has 0 saturated heterocycles. The predicted octanol–water partition coefficient (Wildman–Crippen LogP) is 2.92. The van der Waals surface area contributed by atoms with Crippen LogP contribution in [0.3, 0.4) is 0 Å². The van der Waals surface area contributed by atoms with Gasteiger partial charge in [0.1, 0.15) is 5.82 Å². The fourth-order valence-electron chi connectivity index (χ4n) is 2.92. The number of hydrogen-bond donors (Lipinski definition) is 1. The number of rotatable bonds is 3. The second-order valence-corrected chi connectivity index (χ2v) is 5.23. The quantitative estimate of drug-likeness (QED) is 0.942. The molecule has 0 spiro atoms. The summed E-state index contributed by atoms with van der Waals surface area (Å²) in [5.41, 5.74) is 7.75. The van der Waals surface area contributed by atoms with E-state index in [-0.39, 0.29) is 17.4 Å². The van der Waals surface area contributed by atoms with Crippen LogP contribution in [0.1, 0.15) is 28.3 Å². The number of para-hydroxylation sites is 1. The number of fused-ring (bicyclic) bond motifs is 1. The number of carbonyl (C=O) groups excluding carboxylic acids is 1. The molecule has 3 nitrogen and oxygen atoms in total. The molecule has 0 aliphatic carbocycles. The summed E-state index contributed by atoms with van der Waals surface area (Å²) in [5.74, 6) is -0.552. The van der Waals surface area contributed by atoms with Gasteiger partial charge in [-0.15, -0.1) is 0 Å². The maximum atomic E-state index is 13.8. The second-order valence-electron chi connectivity index (χ2n) is 5.23. The van der Waals surface area contributed by atoms with Crippen LogP contribution >= 0.6 is 0 Å². The zero-order valence-corrected chi connectivity index (χ0v) is 11.6. The monoisotopic (exact) mass is 284 g/mol. The number of nitrogens with two attached hydrogens (primary N) is 1. The minimum atomic E-state index is -0.484. The Hall–Kier alpha value is -2.20. The van der Waals surface area contributed by atoms with Crippen molar-refractivity contribution in [3.8, 4) is 0 Å². The van der Waals surface area contributed by atoms with Gasteiger partial charge in [0, 0.05) is 18.2 Å². The number of nitrogens with zero attached hydrogens (tertiary/aromatic N) is 1. The van der Waals surface area contributed by atoms with E-state index in [1.54, 1.807) is 17.0 Å². The maximum absolute atomic E-state index is 13.8. The maximum Gasteiger partial charge on any atom is 0.261 e. The molecule has 2 N–H and O–H groups in total. The van der Waals surface area contributed by atoms with Gasteiger partial charge in [-0.25, -0.2) is 4.39 Å². The van der Waals surface area contributed by atoms with Gasteiger partial charge in [0.2, 0.25) is 0 Å². The fourth-order valence-corrected chi connectivity index (χ4v) is 2.92. The summed E-state index contributed by atoms with van der Waals surface area (Å²) in [4.78, 5) is 14.3. The third-order valence-corrected chi connectivity index (χ3v) is 3.93. The predicted molar refractivity (Wildman–Crippen MR) is 80.9 cm³/mol. The number of halogens is 1. The topological polar surface area (TPSA) is 46.3 Å². The highest BCUT2D eigenvalue weighted by molar-refractivity contribution is 6.07. The molecule has 4 heteroatoms. The molecule has 2 aromatic carbocycles. The van der Waals surface area contributed by atoms with Crippen molar-refractivity contribution in [3.63, 3.8) is 0 Å². The van der Waals surface area contributed by atoms with Crippen molar-refractivity contribution in [1.29, 1.82) is 0 Å². The van der Waals surface area contributed by atoms with Crippen molar-refractivity contribution in [2.75, 3.05) is 18.0 Å². The van der Waals surface area contributed by atoms with Gasteiger partial charge < -0.3 is 10.6 Å². The molecule has 0 saturated carbocycles. The molecule has 0 bridgehead atoms.